The fourth-order valence-corrected chi connectivity index (χ4v) is 2.30. The number of carbonyl (C=O) groups excluding carboxylic acids is 1. The number of rotatable bonds is 7. The van der Waals surface area contributed by atoms with E-state index in [0.717, 1.165) is 51.5 Å². The summed E-state index contributed by atoms with van der Waals surface area (Å²) in [6.45, 7) is 3.40. The summed E-state index contributed by atoms with van der Waals surface area (Å²) in [4.78, 5) is 11.9. The van der Waals surface area contributed by atoms with Crippen LogP contribution < -0.4 is 10.6 Å². The third kappa shape index (κ3) is 5.36. The standard InChI is InChI=1S/C14H26N2O2/c17-14(13-5-2-1-3-8-15-13)16-9-4-10-18-11-12-6-7-12/h12-13,15H,1-11H2,(H,16,17). The van der Waals surface area contributed by atoms with Crippen LogP contribution in [0, 0.1) is 5.92 Å². The van der Waals surface area contributed by atoms with Gasteiger partial charge in [0.1, 0.15) is 0 Å². The Bertz CT molecular complexity index is 246. The second-order valence-corrected chi connectivity index (χ2v) is 5.52. The van der Waals surface area contributed by atoms with Crippen molar-refractivity contribution in [2.24, 2.45) is 5.92 Å². The number of carbonyl (C=O) groups is 1. The molecule has 4 heteroatoms. The van der Waals surface area contributed by atoms with Crippen LogP contribution in [0.3, 0.4) is 0 Å². The molecule has 2 aliphatic rings. The Kier molecular flexibility index (Phi) is 5.94. The highest BCUT2D eigenvalue weighted by molar-refractivity contribution is 5.81. The fraction of sp³-hybridized carbons (Fsp3) is 0.929. The summed E-state index contributed by atoms with van der Waals surface area (Å²) < 4.78 is 5.54. The van der Waals surface area contributed by atoms with Crippen LogP contribution in [0.2, 0.25) is 0 Å². The van der Waals surface area contributed by atoms with Gasteiger partial charge in [-0.3, -0.25) is 4.79 Å². The molecule has 2 N–H and O–H groups in total. The lowest BCUT2D eigenvalue weighted by atomic mass is 10.1. The van der Waals surface area contributed by atoms with Crippen molar-refractivity contribution in [3.8, 4) is 0 Å². The van der Waals surface area contributed by atoms with Crippen molar-refractivity contribution in [1.82, 2.24) is 10.6 Å². The molecule has 0 radical (unpaired) electrons. The monoisotopic (exact) mass is 254 g/mol. The van der Waals surface area contributed by atoms with Gasteiger partial charge < -0.3 is 15.4 Å². The maximum absolute atomic E-state index is 11.9. The zero-order chi connectivity index (χ0) is 12.6. The molecule has 1 aliphatic heterocycles. The van der Waals surface area contributed by atoms with Crippen LogP contribution in [-0.4, -0.2) is 38.3 Å². The molecule has 2 rings (SSSR count). The number of nitrogens with one attached hydrogen (secondary N) is 2. The Balaban J connectivity index is 1.47. The van der Waals surface area contributed by atoms with E-state index in [9.17, 15) is 4.79 Å². The van der Waals surface area contributed by atoms with E-state index >= 15 is 0 Å². The first kappa shape index (κ1) is 13.8. The summed E-state index contributed by atoms with van der Waals surface area (Å²) in [6, 6.07) is 0.0277. The first-order valence-electron chi connectivity index (χ1n) is 7.45. The van der Waals surface area contributed by atoms with Crippen LogP contribution in [0.25, 0.3) is 0 Å². The van der Waals surface area contributed by atoms with Crippen molar-refractivity contribution < 1.29 is 9.53 Å². The fourth-order valence-electron chi connectivity index (χ4n) is 2.30. The van der Waals surface area contributed by atoms with E-state index in [0.29, 0.717) is 0 Å². The van der Waals surface area contributed by atoms with Gasteiger partial charge in [-0.05, 0) is 44.6 Å². The molecule has 1 unspecified atom stereocenters. The first-order valence-corrected chi connectivity index (χ1v) is 7.45. The minimum Gasteiger partial charge on any atom is -0.381 e. The molecule has 1 saturated heterocycles. The van der Waals surface area contributed by atoms with E-state index in [-0.39, 0.29) is 11.9 Å². The van der Waals surface area contributed by atoms with E-state index in [2.05, 4.69) is 10.6 Å². The highest BCUT2D eigenvalue weighted by Gasteiger charge is 2.21. The zero-order valence-electron chi connectivity index (χ0n) is 11.2. The van der Waals surface area contributed by atoms with Gasteiger partial charge in [0, 0.05) is 19.8 Å². The smallest absolute Gasteiger partial charge is 0.237 e. The van der Waals surface area contributed by atoms with Gasteiger partial charge in [0.25, 0.3) is 0 Å². The summed E-state index contributed by atoms with van der Waals surface area (Å²) in [6.07, 6.45) is 8.17. The molecule has 0 aromatic heterocycles. The van der Waals surface area contributed by atoms with Crippen LogP contribution in [0.1, 0.15) is 44.9 Å². The zero-order valence-corrected chi connectivity index (χ0v) is 11.2. The molecule has 0 spiro atoms. The molecule has 18 heavy (non-hydrogen) atoms. The van der Waals surface area contributed by atoms with E-state index in [1.54, 1.807) is 0 Å². The lowest BCUT2D eigenvalue weighted by Gasteiger charge is -2.15. The normalized spacial score (nSPS) is 24.6. The van der Waals surface area contributed by atoms with Crippen molar-refractivity contribution in [3.05, 3.63) is 0 Å². The van der Waals surface area contributed by atoms with Gasteiger partial charge in [0.2, 0.25) is 5.91 Å². The highest BCUT2D eigenvalue weighted by atomic mass is 16.5. The van der Waals surface area contributed by atoms with Crippen molar-refractivity contribution in [1.29, 1.82) is 0 Å². The Labute approximate surface area is 110 Å². The molecule has 4 nitrogen and oxygen atoms in total. The highest BCUT2D eigenvalue weighted by Crippen LogP contribution is 2.28. The summed E-state index contributed by atoms with van der Waals surface area (Å²) in [5.41, 5.74) is 0. The van der Waals surface area contributed by atoms with E-state index in [1.165, 1.54) is 25.7 Å². The topological polar surface area (TPSA) is 50.4 Å². The molecule has 1 heterocycles. The molecule has 1 aliphatic carbocycles. The van der Waals surface area contributed by atoms with Crippen LogP contribution in [-0.2, 0) is 9.53 Å². The van der Waals surface area contributed by atoms with Crippen molar-refractivity contribution in [2.75, 3.05) is 26.3 Å². The molecule has 1 saturated carbocycles. The molecule has 0 bridgehead atoms. The van der Waals surface area contributed by atoms with Crippen LogP contribution >= 0.6 is 0 Å². The average Bonchev–Trinajstić information content (AvgIpc) is 3.19. The molecule has 0 aromatic rings. The van der Waals surface area contributed by atoms with Crippen molar-refractivity contribution in [3.63, 3.8) is 0 Å². The van der Waals surface area contributed by atoms with Crippen LogP contribution in [0.5, 0.6) is 0 Å². The number of hydrogen-bond donors (Lipinski definition) is 2. The molecule has 0 aromatic carbocycles. The van der Waals surface area contributed by atoms with E-state index in [4.69, 9.17) is 4.74 Å². The Morgan fingerprint density at radius 2 is 2.11 bits per heavy atom. The van der Waals surface area contributed by atoms with Gasteiger partial charge in [-0.1, -0.05) is 12.8 Å². The minimum atomic E-state index is 0.0277. The lowest BCUT2D eigenvalue weighted by Crippen LogP contribution is -2.44. The van der Waals surface area contributed by atoms with Gasteiger partial charge in [-0.25, -0.2) is 0 Å². The van der Waals surface area contributed by atoms with E-state index in [1.807, 2.05) is 0 Å². The predicted molar refractivity (Wildman–Crippen MR) is 71.4 cm³/mol. The Morgan fingerprint density at radius 1 is 1.22 bits per heavy atom. The van der Waals surface area contributed by atoms with Gasteiger partial charge >= 0.3 is 0 Å². The van der Waals surface area contributed by atoms with Gasteiger partial charge in [-0.2, -0.15) is 0 Å². The maximum atomic E-state index is 11.9. The quantitative estimate of drug-likeness (QED) is 0.676. The summed E-state index contributed by atoms with van der Waals surface area (Å²) in [5, 5.41) is 6.32. The van der Waals surface area contributed by atoms with Crippen molar-refractivity contribution in [2.45, 2.75) is 51.0 Å². The third-order valence-corrected chi connectivity index (χ3v) is 3.69. The predicted octanol–water partition coefficient (Wildman–Crippen LogP) is 1.45. The number of ether oxygens (including phenoxy) is 1. The average molecular weight is 254 g/mol. The third-order valence-electron chi connectivity index (χ3n) is 3.69. The SMILES string of the molecule is O=C(NCCCOCC1CC1)C1CCCCCN1. The molecular weight excluding hydrogens is 228 g/mol. The second kappa shape index (κ2) is 7.74. The maximum Gasteiger partial charge on any atom is 0.237 e. The lowest BCUT2D eigenvalue weighted by molar-refractivity contribution is -0.123. The first-order chi connectivity index (χ1) is 8.86. The molecule has 1 amide bonds. The number of amides is 1. The second-order valence-electron chi connectivity index (χ2n) is 5.52. The number of hydrogen-bond acceptors (Lipinski definition) is 3. The van der Waals surface area contributed by atoms with E-state index < -0.39 is 0 Å². The Hall–Kier alpha value is -0.610. The van der Waals surface area contributed by atoms with Gasteiger partial charge in [0.15, 0.2) is 0 Å². The van der Waals surface area contributed by atoms with Crippen LogP contribution in [0.4, 0.5) is 0 Å². The Morgan fingerprint density at radius 3 is 2.94 bits per heavy atom. The summed E-state index contributed by atoms with van der Waals surface area (Å²) >= 11 is 0. The molecular formula is C14H26N2O2. The molecule has 104 valence electrons. The minimum absolute atomic E-state index is 0.0277. The molecule has 2 fully saturated rings. The summed E-state index contributed by atoms with van der Waals surface area (Å²) in [7, 11) is 0. The van der Waals surface area contributed by atoms with Crippen LogP contribution in [0.15, 0.2) is 0 Å². The summed E-state index contributed by atoms with van der Waals surface area (Å²) in [5.74, 6) is 0.994. The molecule has 1 atom stereocenters. The van der Waals surface area contributed by atoms with Crippen molar-refractivity contribution >= 4 is 5.91 Å². The van der Waals surface area contributed by atoms with Gasteiger partial charge in [0.05, 0.1) is 6.04 Å². The van der Waals surface area contributed by atoms with Gasteiger partial charge in [-0.15, -0.1) is 0 Å². The largest absolute Gasteiger partial charge is 0.381 e.